The van der Waals surface area contributed by atoms with Crippen LogP contribution in [0.15, 0.2) is 83.5 Å². The maximum Gasteiger partial charge on any atom is 0.318 e. The Kier molecular flexibility index (Phi) is 4.69. The van der Waals surface area contributed by atoms with E-state index >= 15 is 0 Å². The average molecular weight is 439 g/mol. The van der Waals surface area contributed by atoms with E-state index in [9.17, 15) is 4.79 Å². The Bertz CT molecular complexity index is 1310. The summed E-state index contributed by atoms with van der Waals surface area (Å²) in [6, 6.07) is 24.6. The number of carbonyl (C=O) groups is 1. The summed E-state index contributed by atoms with van der Waals surface area (Å²) >= 11 is 0. The summed E-state index contributed by atoms with van der Waals surface area (Å²) < 4.78 is 6.00. The highest BCUT2D eigenvalue weighted by molar-refractivity contribution is 5.86. The van der Waals surface area contributed by atoms with E-state index in [1.54, 1.807) is 6.26 Å². The fourth-order valence-electron chi connectivity index (χ4n) is 5.56. The Balaban J connectivity index is 1.42. The molecule has 6 rings (SSSR count). The average Bonchev–Trinajstić information content (AvgIpc) is 3.43. The highest BCUT2D eigenvalue weighted by atomic mass is 16.3. The molecule has 4 aromatic rings. The van der Waals surface area contributed by atoms with Gasteiger partial charge in [0.1, 0.15) is 11.7 Å². The Morgan fingerprint density at radius 2 is 1.85 bits per heavy atom. The normalized spacial score (nSPS) is 24.6. The first-order valence-electron chi connectivity index (χ1n) is 11.4. The number of nitrogens with zero attached hydrogens (tertiary/aromatic N) is 2. The van der Waals surface area contributed by atoms with Crippen LogP contribution in [-0.4, -0.2) is 41.1 Å². The molecule has 3 aromatic carbocycles. The van der Waals surface area contributed by atoms with Crippen LogP contribution < -0.4 is 10.6 Å². The van der Waals surface area contributed by atoms with Gasteiger partial charge in [0.2, 0.25) is 5.89 Å². The van der Waals surface area contributed by atoms with Gasteiger partial charge in [0.25, 0.3) is 0 Å². The third-order valence-electron chi connectivity index (χ3n) is 7.12. The lowest BCUT2D eigenvalue weighted by Crippen LogP contribution is -2.64. The van der Waals surface area contributed by atoms with Gasteiger partial charge in [-0.15, -0.1) is 0 Å². The van der Waals surface area contributed by atoms with Gasteiger partial charge in [0, 0.05) is 19.6 Å². The molecule has 2 N–H and O–H groups in total. The van der Waals surface area contributed by atoms with Gasteiger partial charge in [-0.1, -0.05) is 72.8 Å². The molecule has 2 aliphatic heterocycles. The lowest BCUT2D eigenvalue weighted by molar-refractivity contribution is 0.162. The fraction of sp³-hybridized carbons (Fsp3) is 0.259. The van der Waals surface area contributed by atoms with E-state index in [1.165, 1.54) is 10.8 Å². The Morgan fingerprint density at radius 3 is 2.67 bits per heavy atom. The highest BCUT2D eigenvalue weighted by Crippen LogP contribution is 2.41. The van der Waals surface area contributed by atoms with Crippen molar-refractivity contribution >= 4 is 16.8 Å². The van der Waals surface area contributed by atoms with Crippen LogP contribution in [0.25, 0.3) is 10.8 Å². The van der Waals surface area contributed by atoms with Crippen molar-refractivity contribution in [1.82, 2.24) is 20.5 Å². The second-order valence-corrected chi connectivity index (χ2v) is 9.02. The van der Waals surface area contributed by atoms with E-state index in [2.05, 4.69) is 53.1 Å². The van der Waals surface area contributed by atoms with Crippen molar-refractivity contribution in [3.8, 4) is 0 Å². The first kappa shape index (κ1) is 20.0. The molecule has 166 valence electrons. The molecule has 6 heteroatoms. The molecule has 3 heterocycles. The lowest BCUT2D eigenvalue weighted by Gasteiger charge is -2.44. The van der Waals surface area contributed by atoms with Crippen LogP contribution in [0.5, 0.6) is 0 Å². The number of carbonyl (C=O) groups excluding carboxylic acids is 1. The van der Waals surface area contributed by atoms with E-state index in [1.807, 2.05) is 42.2 Å². The molecule has 0 radical (unpaired) electrons. The third kappa shape index (κ3) is 3.13. The van der Waals surface area contributed by atoms with Crippen LogP contribution >= 0.6 is 0 Å². The van der Waals surface area contributed by atoms with E-state index in [0.717, 1.165) is 16.8 Å². The minimum absolute atomic E-state index is 0.0439. The molecule has 0 aliphatic carbocycles. The summed E-state index contributed by atoms with van der Waals surface area (Å²) in [5.74, 6) is 0.640. The molecule has 0 spiro atoms. The second-order valence-electron chi connectivity index (χ2n) is 9.02. The van der Waals surface area contributed by atoms with Crippen LogP contribution in [0.2, 0.25) is 0 Å². The number of aromatic nitrogens is 1. The number of hydrogen-bond acceptors (Lipinski definition) is 4. The zero-order valence-electron chi connectivity index (χ0n) is 18.5. The Morgan fingerprint density at radius 1 is 1.06 bits per heavy atom. The Hall–Kier alpha value is -3.64. The molecule has 3 unspecified atom stereocenters. The molecule has 6 nitrogen and oxygen atoms in total. The van der Waals surface area contributed by atoms with E-state index in [-0.39, 0.29) is 18.1 Å². The number of aryl methyl sites for hydroxylation is 1. The van der Waals surface area contributed by atoms with Crippen LogP contribution in [0, 0.1) is 6.92 Å². The molecule has 2 fully saturated rings. The summed E-state index contributed by atoms with van der Waals surface area (Å²) in [7, 11) is 0. The largest absolute Gasteiger partial charge is 0.448 e. The molecule has 3 atom stereocenters. The number of hydrogen-bond donors (Lipinski definition) is 2. The SMILES string of the molecule is Cc1coc(C2(c3ccccc3)CNCC3C2NC(=O)N3Cc2cccc3ccccc23)n1. The molecular weight excluding hydrogens is 412 g/mol. The maximum absolute atomic E-state index is 13.4. The number of piperidine rings is 1. The van der Waals surface area contributed by atoms with Crippen molar-refractivity contribution in [1.29, 1.82) is 0 Å². The lowest BCUT2D eigenvalue weighted by atomic mass is 9.69. The molecule has 0 saturated carbocycles. The summed E-state index contributed by atoms with van der Waals surface area (Å²) in [6.07, 6.45) is 1.69. The van der Waals surface area contributed by atoms with Crippen molar-refractivity contribution in [3.63, 3.8) is 0 Å². The van der Waals surface area contributed by atoms with Crippen LogP contribution in [0.3, 0.4) is 0 Å². The zero-order valence-corrected chi connectivity index (χ0v) is 18.5. The van der Waals surface area contributed by atoms with Gasteiger partial charge in [-0.3, -0.25) is 0 Å². The summed E-state index contributed by atoms with van der Waals surface area (Å²) in [5.41, 5.74) is 2.47. The summed E-state index contributed by atoms with van der Waals surface area (Å²) in [5, 5.41) is 9.27. The van der Waals surface area contributed by atoms with E-state index < -0.39 is 5.41 Å². The summed E-state index contributed by atoms with van der Waals surface area (Å²) in [4.78, 5) is 20.1. The topological polar surface area (TPSA) is 70.4 Å². The minimum Gasteiger partial charge on any atom is -0.448 e. The van der Waals surface area contributed by atoms with Gasteiger partial charge in [0.05, 0.1) is 17.8 Å². The van der Waals surface area contributed by atoms with Gasteiger partial charge < -0.3 is 20.0 Å². The Labute approximate surface area is 192 Å². The molecule has 2 saturated heterocycles. The van der Waals surface area contributed by atoms with Crippen molar-refractivity contribution in [3.05, 3.63) is 102 Å². The molecule has 1 aromatic heterocycles. The van der Waals surface area contributed by atoms with Crippen LogP contribution in [0.1, 0.15) is 22.7 Å². The van der Waals surface area contributed by atoms with Gasteiger partial charge in [0.15, 0.2) is 0 Å². The number of benzene rings is 3. The van der Waals surface area contributed by atoms with Crippen molar-refractivity contribution in [2.24, 2.45) is 0 Å². The predicted molar refractivity (Wildman–Crippen MR) is 127 cm³/mol. The van der Waals surface area contributed by atoms with E-state index in [0.29, 0.717) is 25.5 Å². The van der Waals surface area contributed by atoms with Crippen LogP contribution in [0.4, 0.5) is 4.79 Å². The number of nitrogens with one attached hydrogen (secondary N) is 2. The number of amides is 2. The molecule has 2 aliphatic rings. The highest BCUT2D eigenvalue weighted by Gasteiger charge is 2.57. The van der Waals surface area contributed by atoms with Crippen molar-refractivity contribution in [2.45, 2.75) is 31.0 Å². The standard InChI is InChI=1S/C27H26N4O2/c1-18-16-33-25(29-18)27(21-11-3-2-4-12-21)17-28-14-23-24(27)30-26(32)31(23)15-20-10-7-9-19-8-5-6-13-22(19)20/h2-13,16,23-24,28H,14-15,17H2,1H3,(H,30,32). The smallest absolute Gasteiger partial charge is 0.318 e. The number of urea groups is 1. The maximum atomic E-state index is 13.4. The van der Waals surface area contributed by atoms with Gasteiger partial charge in [-0.05, 0) is 28.8 Å². The predicted octanol–water partition coefficient (Wildman–Crippen LogP) is 3.99. The third-order valence-corrected chi connectivity index (χ3v) is 7.12. The second kappa shape index (κ2) is 7.74. The quantitative estimate of drug-likeness (QED) is 0.506. The minimum atomic E-state index is -0.596. The van der Waals surface area contributed by atoms with E-state index in [4.69, 9.17) is 9.40 Å². The molecular formula is C27H26N4O2. The number of fused-ring (bicyclic) bond motifs is 2. The first-order chi connectivity index (χ1) is 16.2. The van der Waals surface area contributed by atoms with Crippen LogP contribution in [-0.2, 0) is 12.0 Å². The van der Waals surface area contributed by atoms with Gasteiger partial charge in [-0.25, -0.2) is 9.78 Å². The zero-order chi connectivity index (χ0) is 22.4. The number of oxazole rings is 1. The fourth-order valence-corrected chi connectivity index (χ4v) is 5.56. The molecule has 2 amide bonds. The monoisotopic (exact) mass is 438 g/mol. The summed E-state index contributed by atoms with van der Waals surface area (Å²) in [6.45, 7) is 3.83. The van der Waals surface area contributed by atoms with Crippen molar-refractivity contribution in [2.75, 3.05) is 13.1 Å². The molecule has 0 bridgehead atoms. The molecule has 33 heavy (non-hydrogen) atoms. The van der Waals surface area contributed by atoms with Gasteiger partial charge in [-0.2, -0.15) is 0 Å². The number of rotatable bonds is 4. The van der Waals surface area contributed by atoms with Crippen molar-refractivity contribution < 1.29 is 9.21 Å². The van der Waals surface area contributed by atoms with Gasteiger partial charge >= 0.3 is 6.03 Å². The first-order valence-corrected chi connectivity index (χ1v) is 11.4.